The van der Waals surface area contributed by atoms with Gasteiger partial charge in [-0.3, -0.25) is 0 Å². The van der Waals surface area contributed by atoms with Gasteiger partial charge in [-0.1, -0.05) is 0 Å². The third-order valence-electron chi connectivity index (χ3n) is 1.53. The standard InChI is InChI=1S/C7H6NO2.ClH.Hg/c1-6-2-4-7(5-3-6)8(9)10;;/h2-5H,1H2;1H;/q;;+1/p-1. The van der Waals surface area contributed by atoms with E-state index < -0.39 is 28.3 Å². The molecule has 0 aliphatic heterocycles. The molecular weight excluding hydrogens is 366 g/mol. The van der Waals surface area contributed by atoms with Crippen LogP contribution in [-0.4, -0.2) is 4.92 Å². The molecule has 1 aromatic rings. The van der Waals surface area contributed by atoms with Crippen molar-refractivity contribution in [1.29, 1.82) is 0 Å². The molecule has 0 unspecified atom stereocenters. The topological polar surface area (TPSA) is 43.1 Å². The summed E-state index contributed by atoms with van der Waals surface area (Å²) in [6, 6.07) is 6.60. The zero-order valence-corrected chi connectivity index (χ0v) is 12.6. The number of nitro benzene ring substituents is 1. The van der Waals surface area contributed by atoms with Crippen molar-refractivity contribution < 1.29 is 28.3 Å². The molecule has 12 heavy (non-hydrogen) atoms. The first-order valence-electron chi connectivity index (χ1n) is 3.53. The average Bonchev–Trinajstić information content (AvgIpc) is 2.06. The Morgan fingerprint density at radius 1 is 1.42 bits per heavy atom. The molecule has 3 nitrogen and oxygen atoms in total. The summed E-state index contributed by atoms with van der Waals surface area (Å²) in [5, 5.41) is 10.3. The van der Waals surface area contributed by atoms with E-state index in [2.05, 4.69) is 0 Å². The number of benzene rings is 1. The summed E-state index contributed by atoms with van der Waals surface area (Å²) < 4.78 is 0.972. The van der Waals surface area contributed by atoms with Crippen LogP contribution in [0.3, 0.4) is 0 Å². The van der Waals surface area contributed by atoms with E-state index in [-0.39, 0.29) is 5.69 Å². The number of halogens is 1. The zero-order chi connectivity index (χ0) is 8.97. The van der Waals surface area contributed by atoms with Gasteiger partial charge in [-0.15, -0.1) is 0 Å². The molecule has 0 spiro atoms. The molecule has 0 N–H and O–H groups in total. The Hall–Kier alpha value is -0.155. The predicted molar refractivity (Wildman–Crippen MR) is 42.7 cm³/mol. The van der Waals surface area contributed by atoms with Crippen molar-refractivity contribution in [2.75, 3.05) is 0 Å². The van der Waals surface area contributed by atoms with Gasteiger partial charge in [-0.25, -0.2) is 0 Å². The van der Waals surface area contributed by atoms with Crippen LogP contribution in [0.1, 0.15) is 5.56 Å². The Kier molecular flexibility index (Phi) is 3.95. The molecule has 0 radical (unpaired) electrons. The average molecular weight is 372 g/mol. The van der Waals surface area contributed by atoms with Crippen molar-refractivity contribution in [2.45, 2.75) is 3.93 Å². The van der Waals surface area contributed by atoms with Gasteiger partial charge >= 0.3 is 86.1 Å². The Labute approximate surface area is 85.8 Å². The molecular formula is C7H6ClHgNO2. The van der Waals surface area contributed by atoms with E-state index in [0.717, 1.165) is 9.49 Å². The number of nitro groups is 1. The zero-order valence-electron chi connectivity index (χ0n) is 6.37. The molecule has 0 heterocycles. The second-order valence-corrected chi connectivity index (χ2v) is 9.09. The summed E-state index contributed by atoms with van der Waals surface area (Å²) in [5.41, 5.74) is 1.27. The fraction of sp³-hybridized carbons (Fsp3) is 0.143. The van der Waals surface area contributed by atoms with Crippen molar-refractivity contribution in [3.63, 3.8) is 0 Å². The summed E-state index contributed by atoms with van der Waals surface area (Å²) in [6.45, 7) is 0. The molecule has 0 atom stereocenters. The third-order valence-corrected chi connectivity index (χ3v) is 6.17. The summed E-state index contributed by atoms with van der Waals surface area (Å²) in [5.74, 6) is 0. The maximum absolute atomic E-state index is 10.3. The van der Waals surface area contributed by atoms with Crippen LogP contribution in [0.2, 0.25) is 0 Å². The van der Waals surface area contributed by atoms with Gasteiger partial charge in [0.25, 0.3) is 0 Å². The van der Waals surface area contributed by atoms with E-state index in [1.807, 2.05) is 0 Å². The fourth-order valence-electron chi connectivity index (χ4n) is 0.893. The molecule has 5 heteroatoms. The SMILES string of the molecule is O=[N+]([O-])c1ccc([CH2][Hg][Cl])cc1. The van der Waals surface area contributed by atoms with Gasteiger partial charge in [0.2, 0.25) is 0 Å². The Morgan fingerprint density at radius 2 is 2.00 bits per heavy atom. The molecule has 60 valence electrons. The fourth-order valence-corrected chi connectivity index (χ4v) is 4.95. The van der Waals surface area contributed by atoms with Crippen molar-refractivity contribution in [2.24, 2.45) is 0 Å². The third kappa shape index (κ3) is 2.71. The van der Waals surface area contributed by atoms with Crippen LogP contribution in [0.4, 0.5) is 5.69 Å². The maximum atomic E-state index is 10.3. The molecule has 0 aliphatic rings. The van der Waals surface area contributed by atoms with E-state index in [9.17, 15) is 10.1 Å². The van der Waals surface area contributed by atoms with Crippen LogP contribution in [0, 0.1) is 10.1 Å². The van der Waals surface area contributed by atoms with Crippen LogP contribution in [-0.2, 0) is 27.3 Å². The minimum atomic E-state index is -1.15. The molecule has 0 bridgehead atoms. The first kappa shape index (κ1) is 9.93. The number of hydrogen-bond acceptors (Lipinski definition) is 2. The number of nitrogens with zero attached hydrogens (tertiary/aromatic N) is 1. The Bertz CT molecular complexity index is 275. The molecule has 1 rings (SSSR count). The van der Waals surface area contributed by atoms with E-state index in [4.69, 9.17) is 8.25 Å². The first-order chi connectivity index (χ1) is 5.74. The van der Waals surface area contributed by atoms with E-state index in [0.29, 0.717) is 0 Å². The van der Waals surface area contributed by atoms with Gasteiger partial charge < -0.3 is 0 Å². The minimum absolute atomic E-state index is 0.144. The monoisotopic (exact) mass is 373 g/mol. The van der Waals surface area contributed by atoms with Crippen LogP contribution < -0.4 is 0 Å². The second kappa shape index (κ2) is 4.77. The summed E-state index contributed by atoms with van der Waals surface area (Å²) >= 11 is -1.15. The van der Waals surface area contributed by atoms with E-state index in [1.165, 1.54) is 12.1 Å². The molecule has 1 aromatic carbocycles. The molecule has 0 amide bonds. The first-order valence-corrected chi connectivity index (χ1v) is 14.2. The van der Waals surface area contributed by atoms with Crippen molar-refractivity contribution >= 4 is 13.9 Å². The van der Waals surface area contributed by atoms with Crippen LogP contribution >= 0.6 is 8.25 Å². The Balaban J connectivity index is 2.78. The summed E-state index contributed by atoms with van der Waals surface area (Å²) in [6.07, 6.45) is 0. The normalized spacial score (nSPS) is 9.08. The number of hydrogen-bond donors (Lipinski definition) is 0. The number of rotatable bonds is 3. The quantitative estimate of drug-likeness (QED) is 0.465. The van der Waals surface area contributed by atoms with Crippen LogP contribution in [0.25, 0.3) is 0 Å². The molecule has 0 saturated heterocycles. The van der Waals surface area contributed by atoms with Crippen molar-refractivity contribution in [3.05, 3.63) is 39.9 Å². The number of non-ortho nitro benzene ring substituents is 1. The van der Waals surface area contributed by atoms with Gasteiger partial charge in [0.15, 0.2) is 0 Å². The molecule has 0 aromatic heterocycles. The predicted octanol–water partition coefficient (Wildman–Crippen LogP) is 2.33. The van der Waals surface area contributed by atoms with Crippen LogP contribution in [0.15, 0.2) is 24.3 Å². The molecule has 0 aliphatic carbocycles. The van der Waals surface area contributed by atoms with E-state index >= 15 is 0 Å². The summed E-state index contributed by atoms with van der Waals surface area (Å²) in [7, 11) is 5.73. The molecule has 0 fully saturated rings. The van der Waals surface area contributed by atoms with Crippen molar-refractivity contribution in [1.82, 2.24) is 0 Å². The summed E-state index contributed by atoms with van der Waals surface area (Å²) in [4.78, 5) is 9.87. The van der Waals surface area contributed by atoms with Gasteiger partial charge in [0, 0.05) is 0 Å². The second-order valence-electron chi connectivity index (χ2n) is 2.36. The Morgan fingerprint density at radius 3 is 2.42 bits per heavy atom. The van der Waals surface area contributed by atoms with Crippen LogP contribution in [0.5, 0.6) is 0 Å². The molecule has 0 saturated carbocycles. The van der Waals surface area contributed by atoms with Gasteiger partial charge in [-0.2, -0.15) is 0 Å². The van der Waals surface area contributed by atoms with Gasteiger partial charge in [-0.05, 0) is 0 Å². The van der Waals surface area contributed by atoms with Gasteiger partial charge in [0.1, 0.15) is 0 Å². The van der Waals surface area contributed by atoms with Gasteiger partial charge in [0.05, 0.1) is 0 Å². The van der Waals surface area contributed by atoms with Crippen molar-refractivity contribution in [3.8, 4) is 0 Å². The van der Waals surface area contributed by atoms with E-state index in [1.54, 1.807) is 12.1 Å².